The van der Waals surface area contributed by atoms with Gasteiger partial charge in [-0.1, -0.05) is 60.7 Å². The van der Waals surface area contributed by atoms with Gasteiger partial charge in [-0.3, -0.25) is 14.4 Å². The number of carbonyl (C=O) groups excluding carboxylic acids is 3. The van der Waals surface area contributed by atoms with Crippen LogP contribution in [0.3, 0.4) is 0 Å². The Balaban J connectivity index is 1.79. The maximum absolute atomic E-state index is 13.0. The molecule has 0 aliphatic rings. The normalized spacial score (nSPS) is 11.3. The van der Waals surface area contributed by atoms with Crippen molar-refractivity contribution >= 4 is 23.3 Å². The third kappa shape index (κ3) is 5.62. The molecule has 0 unspecified atom stereocenters. The Morgan fingerprint density at radius 2 is 1.41 bits per heavy atom. The zero-order valence-corrected chi connectivity index (χ0v) is 16.1. The number of hydrogen-bond donors (Lipinski definition) is 2. The Morgan fingerprint density at radius 3 is 2.07 bits per heavy atom. The molecule has 1 atom stereocenters. The molecule has 0 heterocycles. The Morgan fingerprint density at radius 1 is 0.793 bits per heavy atom. The monoisotopic (exact) mass is 386 g/mol. The van der Waals surface area contributed by atoms with Gasteiger partial charge in [-0.25, -0.2) is 0 Å². The van der Waals surface area contributed by atoms with E-state index in [-0.39, 0.29) is 17.6 Å². The van der Waals surface area contributed by atoms with Gasteiger partial charge in [0.25, 0.3) is 5.91 Å². The summed E-state index contributed by atoms with van der Waals surface area (Å²) in [5, 5.41) is 5.63. The number of nitrogens with one attached hydrogen (secondary N) is 2. The molecule has 0 fully saturated rings. The highest BCUT2D eigenvalue weighted by Crippen LogP contribution is 2.13. The number of amides is 2. The maximum Gasteiger partial charge on any atom is 0.251 e. The summed E-state index contributed by atoms with van der Waals surface area (Å²) >= 11 is 0. The van der Waals surface area contributed by atoms with E-state index in [4.69, 9.17) is 0 Å². The molecule has 0 aliphatic heterocycles. The molecule has 3 aromatic rings. The van der Waals surface area contributed by atoms with Crippen LogP contribution in [-0.4, -0.2) is 23.6 Å². The number of ketones is 1. The predicted octanol–water partition coefficient (Wildman–Crippen LogP) is 3.87. The molecule has 0 aliphatic carbocycles. The topological polar surface area (TPSA) is 75.3 Å². The highest BCUT2D eigenvalue weighted by Gasteiger charge is 2.22. The van der Waals surface area contributed by atoms with Crippen molar-refractivity contribution in [2.45, 2.75) is 19.4 Å². The van der Waals surface area contributed by atoms with Crippen molar-refractivity contribution in [3.63, 3.8) is 0 Å². The molecule has 5 nitrogen and oxygen atoms in total. The molecule has 0 aromatic heterocycles. The molecule has 3 rings (SSSR count). The number of hydrogen-bond acceptors (Lipinski definition) is 3. The van der Waals surface area contributed by atoms with Crippen LogP contribution in [-0.2, 0) is 11.2 Å². The van der Waals surface area contributed by atoms with E-state index < -0.39 is 6.04 Å². The quantitative estimate of drug-likeness (QED) is 0.605. The molecule has 0 bridgehead atoms. The maximum atomic E-state index is 13.0. The van der Waals surface area contributed by atoms with Crippen molar-refractivity contribution in [2.24, 2.45) is 0 Å². The molecule has 0 saturated heterocycles. The fraction of sp³-hybridized carbons (Fsp3) is 0.125. The van der Waals surface area contributed by atoms with Crippen LogP contribution in [0.5, 0.6) is 0 Å². The standard InChI is InChI=1S/C24H22N2O3/c1-17(27)20-13-8-14-21(16-20)25-24(29)22(15-18-9-4-2-5-10-18)26-23(28)19-11-6-3-7-12-19/h2-14,16,22H,15H2,1H3,(H,25,29)(H,26,28)/t22-/m0/s1. The minimum absolute atomic E-state index is 0.0840. The lowest BCUT2D eigenvalue weighted by atomic mass is 10.0. The summed E-state index contributed by atoms with van der Waals surface area (Å²) in [6, 6.07) is 24.2. The Hall–Kier alpha value is -3.73. The first-order valence-corrected chi connectivity index (χ1v) is 9.34. The van der Waals surface area contributed by atoms with Gasteiger partial charge in [0.05, 0.1) is 0 Å². The van der Waals surface area contributed by atoms with Gasteiger partial charge >= 0.3 is 0 Å². The lowest BCUT2D eigenvalue weighted by Crippen LogP contribution is -2.45. The largest absolute Gasteiger partial charge is 0.340 e. The summed E-state index contributed by atoms with van der Waals surface area (Å²) in [4.78, 5) is 37.2. The van der Waals surface area contributed by atoms with Gasteiger partial charge in [0.1, 0.15) is 6.04 Å². The SMILES string of the molecule is CC(=O)c1cccc(NC(=O)[C@H](Cc2ccccc2)NC(=O)c2ccccc2)c1. The molecular formula is C24H22N2O3. The summed E-state index contributed by atoms with van der Waals surface area (Å²) in [6.45, 7) is 1.47. The third-order valence-corrected chi connectivity index (χ3v) is 4.48. The predicted molar refractivity (Wildman–Crippen MR) is 113 cm³/mol. The Bertz CT molecular complexity index is 1000. The fourth-order valence-corrected chi connectivity index (χ4v) is 2.94. The molecule has 2 N–H and O–H groups in total. The van der Waals surface area contributed by atoms with E-state index in [1.165, 1.54) is 6.92 Å². The number of benzene rings is 3. The minimum Gasteiger partial charge on any atom is -0.340 e. The lowest BCUT2D eigenvalue weighted by Gasteiger charge is -2.19. The van der Waals surface area contributed by atoms with Crippen molar-refractivity contribution in [2.75, 3.05) is 5.32 Å². The van der Waals surface area contributed by atoms with Gasteiger partial charge in [-0.05, 0) is 36.8 Å². The van der Waals surface area contributed by atoms with Crippen molar-refractivity contribution in [1.29, 1.82) is 0 Å². The summed E-state index contributed by atoms with van der Waals surface area (Å²) in [6.07, 6.45) is 0.345. The molecule has 0 radical (unpaired) electrons. The number of carbonyl (C=O) groups is 3. The van der Waals surface area contributed by atoms with Crippen molar-refractivity contribution in [3.8, 4) is 0 Å². The summed E-state index contributed by atoms with van der Waals surface area (Å²) < 4.78 is 0. The Kier molecular flexibility index (Phi) is 6.53. The van der Waals surface area contributed by atoms with Gasteiger partial charge in [-0.2, -0.15) is 0 Å². The number of anilines is 1. The molecule has 29 heavy (non-hydrogen) atoms. The van der Waals surface area contributed by atoms with E-state index in [2.05, 4.69) is 10.6 Å². The average molecular weight is 386 g/mol. The molecule has 0 saturated carbocycles. The summed E-state index contributed by atoms with van der Waals surface area (Å²) in [5.74, 6) is -0.752. The van der Waals surface area contributed by atoms with E-state index in [1.807, 2.05) is 36.4 Å². The second-order valence-electron chi connectivity index (χ2n) is 6.71. The molecule has 0 spiro atoms. The van der Waals surface area contributed by atoms with Gasteiger partial charge < -0.3 is 10.6 Å². The first kappa shape index (κ1) is 20.0. The second kappa shape index (κ2) is 9.46. The van der Waals surface area contributed by atoms with Crippen LogP contribution in [0, 0.1) is 0 Å². The smallest absolute Gasteiger partial charge is 0.251 e. The average Bonchev–Trinajstić information content (AvgIpc) is 2.74. The van der Waals surface area contributed by atoms with Crippen LogP contribution >= 0.6 is 0 Å². The number of Topliss-reactive ketones (excluding diaryl/α,β-unsaturated/α-hetero) is 1. The van der Waals surface area contributed by atoms with Crippen molar-refractivity contribution in [3.05, 3.63) is 102 Å². The highest BCUT2D eigenvalue weighted by atomic mass is 16.2. The Labute approximate surface area is 169 Å². The molecule has 2 amide bonds. The molecular weight excluding hydrogens is 364 g/mol. The molecule has 5 heteroatoms. The summed E-state index contributed by atoms with van der Waals surface area (Å²) in [5.41, 5.74) is 2.43. The first-order chi connectivity index (χ1) is 14.0. The van der Waals surface area contributed by atoms with Gasteiger partial charge in [0, 0.05) is 23.2 Å². The minimum atomic E-state index is -0.772. The van der Waals surface area contributed by atoms with Crippen LogP contribution in [0.25, 0.3) is 0 Å². The van der Waals surface area contributed by atoms with Gasteiger partial charge in [0.15, 0.2) is 5.78 Å². The van der Waals surface area contributed by atoms with E-state index in [1.54, 1.807) is 48.5 Å². The van der Waals surface area contributed by atoms with Crippen LogP contribution in [0.1, 0.15) is 33.2 Å². The zero-order chi connectivity index (χ0) is 20.6. The fourth-order valence-electron chi connectivity index (χ4n) is 2.94. The van der Waals surface area contributed by atoms with E-state index in [0.29, 0.717) is 23.2 Å². The van der Waals surface area contributed by atoms with Crippen molar-refractivity contribution in [1.82, 2.24) is 5.32 Å². The second-order valence-corrected chi connectivity index (χ2v) is 6.71. The third-order valence-electron chi connectivity index (χ3n) is 4.48. The van der Waals surface area contributed by atoms with Crippen LogP contribution in [0.15, 0.2) is 84.9 Å². The van der Waals surface area contributed by atoms with Gasteiger partial charge in [-0.15, -0.1) is 0 Å². The highest BCUT2D eigenvalue weighted by molar-refractivity contribution is 6.02. The molecule has 146 valence electrons. The summed E-state index contributed by atoms with van der Waals surface area (Å²) in [7, 11) is 0. The van der Waals surface area contributed by atoms with E-state index in [0.717, 1.165) is 5.56 Å². The van der Waals surface area contributed by atoms with Crippen LogP contribution in [0.2, 0.25) is 0 Å². The lowest BCUT2D eigenvalue weighted by molar-refractivity contribution is -0.118. The van der Waals surface area contributed by atoms with Gasteiger partial charge in [0.2, 0.25) is 5.91 Å². The van der Waals surface area contributed by atoms with Crippen molar-refractivity contribution < 1.29 is 14.4 Å². The number of rotatable bonds is 7. The van der Waals surface area contributed by atoms with E-state index >= 15 is 0 Å². The first-order valence-electron chi connectivity index (χ1n) is 9.34. The molecule has 3 aromatic carbocycles. The van der Waals surface area contributed by atoms with Crippen LogP contribution in [0.4, 0.5) is 5.69 Å². The van der Waals surface area contributed by atoms with E-state index in [9.17, 15) is 14.4 Å². The zero-order valence-electron chi connectivity index (χ0n) is 16.1. The van der Waals surface area contributed by atoms with Crippen LogP contribution < -0.4 is 10.6 Å².